The largest absolute Gasteiger partial charge is 0.494 e. The van der Waals surface area contributed by atoms with E-state index < -0.39 is 0 Å². The Morgan fingerprint density at radius 3 is 2.42 bits per heavy atom. The number of ether oxygens (including phenoxy) is 2. The monoisotopic (exact) mass is 327 g/mol. The van der Waals surface area contributed by atoms with Gasteiger partial charge in [0, 0.05) is 5.69 Å². The van der Waals surface area contributed by atoms with Gasteiger partial charge in [0.1, 0.15) is 11.5 Å². The standard InChI is InChI=1S/C20H25NO3/c1-4-15(3)18-8-6-7-9-19(18)24-14-20(22)21-16-10-12-17(13-11-16)23-5-2/h6-13,15H,4-5,14H2,1-3H3,(H,21,22)/t15-/m1/s1. The number of hydrogen-bond donors (Lipinski definition) is 1. The maximum absolute atomic E-state index is 12.1. The third kappa shape index (κ3) is 5.01. The predicted molar refractivity (Wildman–Crippen MR) is 96.9 cm³/mol. The van der Waals surface area contributed by atoms with Crippen molar-refractivity contribution in [2.75, 3.05) is 18.5 Å². The van der Waals surface area contributed by atoms with Crippen molar-refractivity contribution in [3.05, 3.63) is 54.1 Å². The Morgan fingerprint density at radius 2 is 1.75 bits per heavy atom. The SMILES string of the molecule is CCOc1ccc(NC(=O)COc2ccccc2[C@H](C)CC)cc1. The summed E-state index contributed by atoms with van der Waals surface area (Å²) < 4.78 is 11.1. The number of anilines is 1. The molecule has 0 aliphatic heterocycles. The number of nitrogens with one attached hydrogen (secondary N) is 1. The molecule has 2 rings (SSSR count). The summed E-state index contributed by atoms with van der Waals surface area (Å²) in [4.78, 5) is 12.1. The van der Waals surface area contributed by atoms with Gasteiger partial charge in [0.2, 0.25) is 0 Å². The summed E-state index contributed by atoms with van der Waals surface area (Å²) in [5.74, 6) is 1.77. The predicted octanol–water partition coefficient (Wildman–Crippen LogP) is 4.62. The van der Waals surface area contributed by atoms with Crippen LogP contribution in [0.4, 0.5) is 5.69 Å². The molecule has 1 N–H and O–H groups in total. The van der Waals surface area contributed by atoms with Gasteiger partial charge in [-0.15, -0.1) is 0 Å². The molecule has 0 spiro atoms. The van der Waals surface area contributed by atoms with Crippen molar-refractivity contribution < 1.29 is 14.3 Å². The van der Waals surface area contributed by atoms with E-state index in [1.807, 2.05) is 55.5 Å². The first kappa shape index (κ1) is 17.9. The summed E-state index contributed by atoms with van der Waals surface area (Å²) in [5, 5.41) is 2.82. The molecule has 128 valence electrons. The van der Waals surface area contributed by atoms with Crippen molar-refractivity contribution in [2.45, 2.75) is 33.1 Å². The van der Waals surface area contributed by atoms with Crippen LogP contribution in [0.2, 0.25) is 0 Å². The molecule has 0 aliphatic rings. The molecule has 0 aliphatic carbocycles. The van der Waals surface area contributed by atoms with Crippen LogP contribution in [0.5, 0.6) is 11.5 Å². The lowest BCUT2D eigenvalue weighted by molar-refractivity contribution is -0.118. The van der Waals surface area contributed by atoms with Gasteiger partial charge in [-0.05, 0) is 55.2 Å². The Balaban J connectivity index is 1.91. The summed E-state index contributed by atoms with van der Waals surface area (Å²) in [6, 6.07) is 15.2. The van der Waals surface area contributed by atoms with Crippen molar-refractivity contribution in [1.29, 1.82) is 0 Å². The van der Waals surface area contributed by atoms with Crippen LogP contribution in [0.1, 0.15) is 38.7 Å². The Kier molecular flexibility index (Phi) is 6.67. The first-order valence-corrected chi connectivity index (χ1v) is 8.38. The van der Waals surface area contributed by atoms with Crippen LogP contribution in [0, 0.1) is 0 Å². The third-order valence-electron chi connectivity index (χ3n) is 3.87. The smallest absolute Gasteiger partial charge is 0.262 e. The molecule has 0 unspecified atom stereocenters. The lowest BCUT2D eigenvalue weighted by Gasteiger charge is -2.15. The first-order chi connectivity index (χ1) is 11.6. The third-order valence-corrected chi connectivity index (χ3v) is 3.87. The van der Waals surface area contributed by atoms with Crippen molar-refractivity contribution in [3.63, 3.8) is 0 Å². The van der Waals surface area contributed by atoms with E-state index >= 15 is 0 Å². The fourth-order valence-electron chi connectivity index (χ4n) is 2.38. The number of amides is 1. The second-order valence-electron chi connectivity index (χ2n) is 5.64. The maximum Gasteiger partial charge on any atom is 0.262 e. The van der Waals surface area contributed by atoms with E-state index in [0.29, 0.717) is 12.5 Å². The average Bonchev–Trinajstić information content (AvgIpc) is 2.61. The van der Waals surface area contributed by atoms with Crippen molar-refractivity contribution in [3.8, 4) is 11.5 Å². The minimum atomic E-state index is -0.182. The molecule has 24 heavy (non-hydrogen) atoms. The van der Waals surface area contributed by atoms with Gasteiger partial charge in [0.15, 0.2) is 6.61 Å². The maximum atomic E-state index is 12.1. The molecule has 4 heteroatoms. The van der Waals surface area contributed by atoms with Gasteiger partial charge in [0.05, 0.1) is 6.61 Å². The highest BCUT2D eigenvalue weighted by molar-refractivity contribution is 5.91. The van der Waals surface area contributed by atoms with Crippen molar-refractivity contribution in [1.82, 2.24) is 0 Å². The van der Waals surface area contributed by atoms with Crippen LogP contribution in [-0.4, -0.2) is 19.1 Å². The molecule has 0 heterocycles. The molecule has 0 radical (unpaired) electrons. The fraction of sp³-hybridized carbons (Fsp3) is 0.350. The molecular weight excluding hydrogens is 302 g/mol. The minimum Gasteiger partial charge on any atom is -0.494 e. The summed E-state index contributed by atoms with van der Waals surface area (Å²) >= 11 is 0. The Hall–Kier alpha value is -2.49. The van der Waals surface area contributed by atoms with Crippen LogP contribution in [0.25, 0.3) is 0 Å². The van der Waals surface area contributed by atoms with Crippen LogP contribution in [0.3, 0.4) is 0 Å². The first-order valence-electron chi connectivity index (χ1n) is 8.38. The van der Waals surface area contributed by atoms with E-state index in [4.69, 9.17) is 9.47 Å². The van der Waals surface area contributed by atoms with Gasteiger partial charge >= 0.3 is 0 Å². The molecule has 2 aromatic carbocycles. The zero-order chi connectivity index (χ0) is 17.4. The molecule has 4 nitrogen and oxygen atoms in total. The van der Waals surface area contributed by atoms with Gasteiger partial charge < -0.3 is 14.8 Å². The van der Waals surface area contributed by atoms with E-state index in [0.717, 1.165) is 29.2 Å². The highest BCUT2D eigenvalue weighted by Gasteiger charge is 2.11. The topological polar surface area (TPSA) is 47.6 Å². The van der Waals surface area contributed by atoms with Gasteiger partial charge in [-0.3, -0.25) is 4.79 Å². The van der Waals surface area contributed by atoms with Crippen LogP contribution in [0.15, 0.2) is 48.5 Å². The summed E-state index contributed by atoms with van der Waals surface area (Å²) in [6.45, 7) is 6.84. The minimum absolute atomic E-state index is 0.0132. The van der Waals surface area contributed by atoms with Gasteiger partial charge in [-0.25, -0.2) is 0 Å². The molecular formula is C20H25NO3. The summed E-state index contributed by atoms with van der Waals surface area (Å²) in [5.41, 5.74) is 1.86. The lowest BCUT2D eigenvalue weighted by atomic mass is 9.98. The van der Waals surface area contributed by atoms with Crippen LogP contribution in [-0.2, 0) is 4.79 Å². The number of benzene rings is 2. The second kappa shape index (κ2) is 8.96. The Bertz CT molecular complexity index is 652. The quantitative estimate of drug-likeness (QED) is 0.770. The summed E-state index contributed by atoms with van der Waals surface area (Å²) in [6.07, 6.45) is 1.03. The van der Waals surface area contributed by atoms with E-state index in [-0.39, 0.29) is 12.5 Å². The molecule has 0 bridgehead atoms. The Morgan fingerprint density at radius 1 is 1.04 bits per heavy atom. The number of carbonyl (C=O) groups is 1. The number of carbonyl (C=O) groups excluding carboxylic acids is 1. The van der Waals surface area contributed by atoms with E-state index in [1.165, 1.54) is 0 Å². The molecule has 0 fully saturated rings. The van der Waals surface area contributed by atoms with Crippen LogP contribution < -0.4 is 14.8 Å². The number of rotatable bonds is 8. The lowest BCUT2D eigenvalue weighted by Crippen LogP contribution is -2.20. The van der Waals surface area contributed by atoms with E-state index in [2.05, 4.69) is 19.2 Å². The molecule has 2 aromatic rings. The van der Waals surface area contributed by atoms with Crippen molar-refractivity contribution in [2.24, 2.45) is 0 Å². The molecule has 0 saturated carbocycles. The normalized spacial score (nSPS) is 11.6. The molecule has 0 saturated heterocycles. The zero-order valence-electron chi connectivity index (χ0n) is 14.5. The average molecular weight is 327 g/mol. The van der Waals surface area contributed by atoms with Crippen LogP contribution >= 0.6 is 0 Å². The molecule has 1 atom stereocenters. The second-order valence-corrected chi connectivity index (χ2v) is 5.64. The summed E-state index contributed by atoms with van der Waals surface area (Å²) in [7, 11) is 0. The van der Waals surface area contributed by atoms with Gasteiger partial charge in [-0.1, -0.05) is 32.0 Å². The Labute approximate surface area is 143 Å². The zero-order valence-corrected chi connectivity index (χ0v) is 14.5. The van der Waals surface area contributed by atoms with E-state index in [9.17, 15) is 4.79 Å². The highest BCUT2D eigenvalue weighted by Crippen LogP contribution is 2.28. The molecule has 0 aromatic heterocycles. The van der Waals surface area contributed by atoms with Gasteiger partial charge in [-0.2, -0.15) is 0 Å². The fourth-order valence-corrected chi connectivity index (χ4v) is 2.38. The van der Waals surface area contributed by atoms with Gasteiger partial charge in [0.25, 0.3) is 5.91 Å². The molecule has 1 amide bonds. The number of hydrogen-bond acceptors (Lipinski definition) is 3. The van der Waals surface area contributed by atoms with Crippen molar-refractivity contribution >= 4 is 11.6 Å². The van der Waals surface area contributed by atoms with E-state index in [1.54, 1.807) is 0 Å². The number of para-hydroxylation sites is 1. The highest BCUT2D eigenvalue weighted by atomic mass is 16.5.